The smallest absolute Gasteiger partial charge is 0.256 e. The van der Waals surface area contributed by atoms with Crippen molar-refractivity contribution < 1.29 is 14.3 Å². The van der Waals surface area contributed by atoms with E-state index in [0.717, 1.165) is 5.56 Å². The largest absolute Gasteiger partial charge is 0.497 e. The quantitative estimate of drug-likeness (QED) is 0.677. The Labute approximate surface area is 175 Å². The van der Waals surface area contributed by atoms with Crippen LogP contribution in [0.15, 0.2) is 72.8 Å². The van der Waals surface area contributed by atoms with Crippen LogP contribution in [0.3, 0.4) is 0 Å². The Balaban J connectivity index is 1.75. The minimum atomic E-state index is -0.312. The Hall–Kier alpha value is -4.11. The molecule has 0 aliphatic rings. The summed E-state index contributed by atoms with van der Waals surface area (Å²) in [6.45, 7) is 0.380. The fraction of sp³-hybridized carbons (Fsp3) is 0.125. The molecule has 30 heavy (non-hydrogen) atoms. The summed E-state index contributed by atoms with van der Waals surface area (Å²) in [6.07, 6.45) is 0. The number of nitrogens with zero attached hydrogens (tertiary/aromatic N) is 2. The van der Waals surface area contributed by atoms with Gasteiger partial charge in [-0.2, -0.15) is 5.26 Å². The lowest BCUT2D eigenvalue weighted by atomic mass is 10.1. The van der Waals surface area contributed by atoms with Crippen molar-refractivity contribution in [2.24, 2.45) is 0 Å². The van der Waals surface area contributed by atoms with Gasteiger partial charge >= 0.3 is 0 Å². The topological polar surface area (TPSA) is 82.4 Å². The lowest BCUT2D eigenvalue weighted by Crippen LogP contribution is -2.27. The number of hydrogen-bond acceptors (Lipinski definition) is 4. The molecule has 1 N–H and O–H groups in total. The Morgan fingerprint density at radius 1 is 1.00 bits per heavy atom. The van der Waals surface area contributed by atoms with Crippen LogP contribution >= 0.6 is 0 Å². The number of para-hydroxylation sites is 1. The zero-order valence-electron chi connectivity index (χ0n) is 16.8. The second-order valence-corrected chi connectivity index (χ2v) is 6.70. The Bertz CT molecular complexity index is 1080. The summed E-state index contributed by atoms with van der Waals surface area (Å²) in [7, 11) is 3.26. The monoisotopic (exact) mass is 399 g/mol. The number of nitrogens with one attached hydrogen (secondary N) is 1. The third-order valence-corrected chi connectivity index (χ3v) is 4.61. The number of rotatable bonds is 6. The van der Waals surface area contributed by atoms with Crippen LogP contribution < -0.4 is 10.1 Å². The number of amides is 2. The van der Waals surface area contributed by atoms with Gasteiger partial charge in [0, 0.05) is 19.2 Å². The molecule has 0 aliphatic carbocycles. The summed E-state index contributed by atoms with van der Waals surface area (Å²) in [6, 6.07) is 22.8. The predicted molar refractivity (Wildman–Crippen MR) is 114 cm³/mol. The van der Waals surface area contributed by atoms with E-state index < -0.39 is 0 Å². The van der Waals surface area contributed by atoms with E-state index in [0.29, 0.717) is 34.7 Å². The maximum Gasteiger partial charge on any atom is 0.256 e. The van der Waals surface area contributed by atoms with E-state index in [9.17, 15) is 9.59 Å². The highest BCUT2D eigenvalue weighted by atomic mass is 16.5. The first-order valence-electron chi connectivity index (χ1n) is 9.30. The first-order chi connectivity index (χ1) is 14.5. The van der Waals surface area contributed by atoms with Crippen LogP contribution in [-0.2, 0) is 6.54 Å². The zero-order valence-corrected chi connectivity index (χ0v) is 16.8. The summed E-state index contributed by atoms with van der Waals surface area (Å²) in [4.78, 5) is 27.2. The van der Waals surface area contributed by atoms with Crippen LogP contribution in [0.25, 0.3) is 0 Å². The van der Waals surface area contributed by atoms with Crippen molar-refractivity contribution in [2.75, 3.05) is 19.5 Å². The van der Waals surface area contributed by atoms with Gasteiger partial charge in [0.25, 0.3) is 11.8 Å². The summed E-state index contributed by atoms with van der Waals surface area (Å²) >= 11 is 0. The molecule has 6 nitrogen and oxygen atoms in total. The highest BCUT2D eigenvalue weighted by Crippen LogP contribution is 2.20. The van der Waals surface area contributed by atoms with Crippen molar-refractivity contribution in [1.29, 1.82) is 5.26 Å². The average molecular weight is 399 g/mol. The van der Waals surface area contributed by atoms with Crippen LogP contribution in [0, 0.1) is 11.3 Å². The van der Waals surface area contributed by atoms with Crippen LogP contribution in [0.4, 0.5) is 5.69 Å². The van der Waals surface area contributed by atoms with Crippen LogP contribution in [-0.4, -0.2) is 30.9 Å². The normalized spacial score (nSPS) is 10.0. The molecule has 0 atom stereocenters. The first kappa shape index (κ1) is 20.6. The van der Waals surface area contributed by atoms with Crippen molar-refractivity contribution in [1.82, 2.24) is 4.90 Å². The van der Waals surface area contributed by atoms with Gasteiger partial charge in [0.05, 0.1) is 30.0 Å². The zero-order chi connectivity index (χ0) is 21.5. The van der Waals surface area contributed by atoms with Crippen LogP contribution in [0.1, 0.15) is 31.8 Å². The second kappa shape index (κ2) is 9.39. The highest BCUT2D eigenvalue weighted by molar-refractivity contribution is 6.09. The van der Waals surface area contributed by atoms with E-state index in [1.807, 2.05) is 12.1 Å². The number of ether oxygens (including phenoxy) is 1. The molecule has 0 bridgehead atoms. The van der Waals surface area contributed by atoms with E-state index >= 15 is 0 Å². The second-order valence-electron chi connectivity index (χ2n) is 6.70. The molecular formula is C24H21N3O3. The highest BCUT2D eigenvalue weighted by Gasteiger charge is 2.18. The minimum Gasteiger partial charge on any atom is -0.497 e. The number of methoxy groups -OCH3 is 1. The predicted octanol–water partition coefficient (Wildman–Crippen LogP) is 4.09. The summed E-state index contributed by atoms with van der Waals surface area (Å²) < 4.78 is 5.11. The summed E-state index contributed by atoms with van der Waals surface area (Å²) in [5, 5.41) is 11.7. The molecule has 3 aromatic carbocycles. The minimum absolute atomic E-state index is 0.218. The van der Waals surface area contributed by atoms with E-state index in [1.165, 1.54) is 0 Å². The molecule has 0 aliphatic heterocycles. The van der Waals surface area contributed by atoms with Gasteiger partial charge in [-0.25, -0.2) is 0 Å². The third kappa shape index (κ3) is 4.83. The molecule has 150 valence electrons. The molecule has 0 unspecified atom stereocenters. The Morgan fingerprint density at radius 2 is 1.67 bits per heavy atom. The number of carbonyl (C=O) groups excluding carboxylic acids is 2. The van der Waals surface area contributed by atoms with Crippen LogP contribution in [0.5, 0.6) is 5.75 Å². The number of carbonyl (C=O) groups is 2. The third-order valence-electron chi connectivity index (χ3n) is 4.61. The number of nitriles is 1. The molecule has 2 amide bonds. The Kier molecular flexibility index (Phi) is 6.46. The van der Waals surface area contributed by atoms with Gasteiger partial charge in [0.2, 0.25) is 0 Å². The van der Waals surface area contributed by atoms with Crippen molar-refractivity contribution >= 4 is 17.5 Å². The molecular weight excluding hydrogens is 378 g/mol. The fourth-order valence-corrected chi connectivity index (χ4v) is 2.95. The van der Waals surface area contributed by atoms with Gasteiger partial charge in [0.1, 0.15) is 5.75 Å². The lowest BCUT2D eigenvalue weighted by molar-refractivity contribution is 0.0786. The van der Waals surface area contributed by atoms with Crippen LogP contribution in [0.2, 0.25) is 0 Å². The fourth-order valence-electron chi connectivity index (χ4n) is 2.95. The number of hydrogen-bond donors (Lipinski definition) is 1. The molecule has 3 rings (SSSR count). The maximum atomic E-state index is 13.0. The molecule has 0 saturated carbocycles. The van der Waals surface area contributed by atoms with E-state index in [4.69, 9.17) is 10.00 Å². The first-order valence-corrected chi connectivity index (χ1v) is 9.30. The Morgan fingerprint density at radius 3 is 2.30 bits per heavy atom. The standard InChI is InChI=1S/C24H21N3O3/c1-27(16-18-9-7-17(15-25)8-10-18)24(29)21-5-3-4-6-22(21)26-23(28)19-11-13-20(30-2)14-12-19/h3-14H,16H2,1-2H3,(H,26,28). The van der Waals surface area contributed by atoms with Gasteiger partial charge < -0.3 is 15.0 Å². The molecule has 0 spiro atoms. The van der Waals surface area contributed by atoms with E-state index in [2.05, 4.69) is 11.4 Å². The molecule has 0 aromatic heterocycles. The van der Waals surface area contributed by atoms with Crippen molar-refractivity contribution in [3.05, 3.63) is 95.1 Å². The number of benzene rings is 3. The molecule has 3 aromatic rings. The van der Waals surface area contributed by atoms with Gasteiger partial charge in [-0.1, -0.05) is 24.3 Å². The maximum absolute atomic E-state index is 13.0. The summed E-state index contributed by atoms with van der Waals surface area (Å²) in [5.74, 6) is 0.129. The molecule has 0 saturated heterocycles. The van der Waals surface area contributed by atoms with Crippen molar-refractivity contribution in [3.63, 3.8) is 0 Å². The van der Waals surface area contributed by atoms with Gasteiger partial charge in [-0.15, -0.1) is 0 Å². The van der Waals surface area contributed by atoms with Crippen molar-refractivity contribution in [3.8, 4) is 11.8 Å². The molecule has 6 heteroatoms. The molecule has 0 radical (unpaired) electrons. The summed E-state index contributed by atoms with van der Waals surface area (Å²) in [5.41, 5.74) is 2.78. The van der Waals surface area contributed by atoms with Gasteiger partial charge in [-0.3, -0.25) is 9.59 Å². The average Bonchev–Trinajstić information content (AvgIpc) is 2.79. The van der Waals surface area contributed by atoms with Gasteiger partial charge in [0.15, 0.2) is 0 Å². The van der Waals surface area contributed by atoms with Crippen molar-refractivity contribution in [2.45, 2.75) is 6.54 Å². The molecule has 0 fully saturated rings. The lowest BCUT2D eigenvalue weighted by Gasteiger charge is -2.19. The number of anilines is 1. The SMILES string of the molecule is COc1ccc(C(=O)Nc2ccccc2C(=O)N(C)Cc2ccc(C#N)cc2)cc1. The molecule has 0 heterocycles. The van der Waals surface area contributed by atoms with E-state index in [1.54, 1.807) is 79.7 Å². The van der Waals surface area contributed by atoms with Gasteiger partial charge in [-0.05, 0) is 54.1 Å². The van der Waals surface area contributed by atoms with E-state index in [-0.39, 0.29) is 11.8 Å².